The van der Waals surface area contributed by atoms with E-state index in [0.717, 1.165) is 68.2 Å². The molecule has 158 valence electrons. The van der Waals surface area contributed by atoms with Crippen LogP contribution >= 0.6 is 11.6 Å². The number of halogens is 1. The van der Waals surface area contributed by atoms with Crippen LogP contribution in [0.3, 0.4) is 0 Å². The van der Waals surface area contributed by atoms with Crippen LogP contribution in [0.1, 0.15) is 64.7 Å². The van der Waals surface area contributed by atoms with Gasteiger partial charge in [-0.3, -0.25) is 4.79 Å². The van der Waals surface area contributed by atoms with E-state index in [1.165, 1.54) is 16.7 Å². The van der Waals surface area contributed by atoms with E-state index in [1.807, 2.05) is 23.2 Å². The number of anilines is 1. The minimum Gasteiger partial charge on any atom is -0.391 e. The molecule has 0 saturated heterocycles. The molecular weight excluding hydrogens is 398 g/mol. The summed E-state index contributed by atoms with van der Waals surface area (Å²) in [4.78, 5) is 22.0. The van der Waals surface area contributed by atoms with Crippen molar-refractivity contribution in [2.24, 2.45) is 0 Å². The average Bonchev–Trinajstić information content (AvgIpc) is 3.23. The van der Waals surface area contributed by atoms with E-state index in [4.69, 9.17) is 11.6 Å². The first kappa shape index (κ1) is 19.8. The topological polar surface area (TPSA) is 56.7 Å². The Labute approximate surface area is 182 Å². The Morgan fingerprint density at radius 3 is 2.73 bits per heavy atom. The minimum absolute atomic E-state index is 0.0687. The Kier molecular flexibility index (Phi) is 5.19. The maximum atomic E-state index is 13.6. The smallest absolute Gasteiger partial charge is 0.257 e. The lowest BCUT2D eigenvalue weighted by molar-refractivity contribution is 0.0167. The van der Waals surface area contributed by atoms with E-state index in [1.54, 1.807) is 0 Å². The quantitative estimate of drug-likeness (QED) is 0.756. The summed E-state index contributed by atoms with van der Waals surface area (Å²) in [7, 11) is 2.08. The third kappa shape index (κ3) is 3.38. The highest BCUT2D eigenvalue weighted by atomic mass is 35.5. The highest BCUT2D eigenvalue weighted by Gasteiger charge is 2.39. The van der Waals surface area contributed by atoms with E-state index >= 15 is 0 Å². The summed E-state index contributed by atoms with van der Waals surface area (Å²) in [5, 5.41) is 11.1. The molecule has 1 amide bonds. The lowest BCUT2D eigenvalue weighted by Gasteiger charge is -2.44. The van der Waals surface area contributed by atoms with Gasteiger partial charge in [0.15, 0.2) is 0 Å². The maximum absolute atomic E-state index is 13.6. The van der Waals surface area contributed by atoms with Gasteiger partial charge in [-0.2, -0.15) is 0 Å². The van der Waals surface area contributed by atoms with Gasteiger partial charge in [-0.1, -0.05) is 30.5 Å². The first-order valence-corrected chi connectivity index (χ1v) is 11.4. The molecule has 0 radical (unpaired) electrons. The van der Waals surface area contributed by atoms with Gasteiger partial charge in [-0.05, 0) is 72.9 Å². The summed E-state index contributed by atoms with van der Waals surface area (Å²) in [6, 6.07) is 5.85. The molecule has 5 rings (SSSR count). The number of pyridine rings is 1. The second-order valence-electron chi connectivity index (χ2n) is 8.94. The fraction of sp³-hybridized carbons (Fsp3) is 0.500. The molecule has 1 aromatic heterocycles. The molecule has 2 atom stereocenters. The largest absolute Gasteiger partial charge is 0.391 e. The third-order valence-electron chi connectivity index (χ3n) is 6.98. The number of rotatable bonds is 3. The number of benzene rings is 1. The highest BCUT2D eigenvalue weighted by Crippen LogP contribution is 2.41. The van der Waals surface area contributed by atoms with Gasteiger partial charge in [-0.25, -0.2) is 4.98 Å². The van der Waals surface area contributed by atoms with Crippen molar-refractivity contribution in [1.82, 2.24) is 9.88 Å². The first-order valence-electron chi connectivity index (χ1n) is 11.0. The van der Waals surface area contributed by atoms with Gasteiger partial charge in [0.25, 0.3) is 5.91 Å². The lowest BCUT2D eigenvalue weighted by atomic mass is 9.88. The molecule has 2 heterocycles. The fourth-order valence-corrected chi connectivity index (χ4v) is 5.68. The third-order valence-corrected chi connectivity index (χ3v) is 7.20. The zero-order valence-electron chi connectivity index (χ0n) is 17.4. The lowest BCUT2D eigenvalue weighted by Crippen LogP contribution is -2.55. The molecule has 2 unspecified atom stereocenters. The molecule has 3 aliphatic rings. The molecular formula is C24H28ClN3O2. The van der Waals surface area contributed by atoms with Crippen LogP contribution in [0.5, 0.6) is 0 Å². The molecule has 2 aromatic rings. The summed E-state index contributed by atoms with van der Waals surface area (Å²) in [5.74, 6) is 0.0687. The van der Waals surface area contributed by atoms with Crippen LogP contribution in [0.15, 0.2) is 24.4 Å². The number of carbonyl (C=O) groups is 1. The zero-order chi connectivity index (χ0) is 20.8. The Balaban J connectivity index is 1.55. The van der Waals surface area contributed by atoms with Crippen LogP contribution in [-0.2, 0) is 19.3 Å². The van der Waals surface area contributed by atoms with Crippen LogP contribution in [0.4, 0.5) is 5.69 Å². The zero-order valence-corrected chi connectivity index (χ0v) is 18.2. The molecule has 1 aliphatic heterocycles. The van der Waals surface area contributed by atoms with Crippen molar-refractivity contribution in [3.05, 3.63) is 57.4 Å². The van der Waals surface area contributed by atoms with Crippen molar-refractivity contribution in [3.8, 4) is 0 Å². The number of aliphatic hydroxyl groups is 1. The monoisotopic (exact) mass is 425 g/mol. The van der Waals surface area contributed by atoms with Gasteiger partial charge >= 0.3 is 0 Å². The van der Waals surface area contributed by atoms with E-state index in [9.17, 15) is 9.90 Å². The van der Waals surface area contributed by atoms with Crippen molar-refractivity contribution in [3.63, 3.8) is 0 Å². The van der Waals surface area contributed by atoms with Crippen molar-refractivity contribution in [2.45, 2.75) is 63.5 Å². The Bertz CT molecular complexity index is 975. The Morgan fingerprint density at radius 1 is 1.17 bits per heavy atom. The van der Waals surface area contributed by atoms with Crippen molar-refractivity contribution < 1.29 is 9.90 Å². The number of aliphatic hydroxyl groups excluding tert-OH is 1. The van der Waals surface area contributed by atoms with Gasteiger partial charge < -0.3 is 14.9 Å². The molecule has 6 heteroatoms. The number of amides is 1. The predicted molar refractivity (Wildman–Crippen MR) is 118 cm³/mol. The molecule has 1 saturated carbocycles. The molecule has 1 aromatic carbocycles. The summed E-state index contributed by atoms with van der Waals surface area (Å²) >= 11 is 5.95. The number of hydrogen-bond acceptors (Lipinski definition) is 4. The summed E-state index contributed by atoms with van der Waals surface area (Å²) in [6.07, 6.45) is 9.13. The first-order chi connectivity index (χ1) is 14.5. The van der Waals surface area contributed by atoms with E-state index in [-0.39, 0.29) is 11.9 Å². The molecule has 1 fully saturated rings. The van der Waals surface area contributed by atoms with Crippen LogP contribution in [0.2, 0.25) is 5.15 Å². The van der Waals surface area contributed by atoms with Crippen LogP contribution in [-0.4, -0.2) is 46.8 Å². The summed E-state index contributed by atoms with van der Waals surface area (Å²) in [6.45, 7) is 0.556. The van der Waals surface area contributed by atoms with Crippen molar-refractivity contribution in [2.75, 3.05) is 18.6 Å². The molecule has 0 spiro atoms. The molecule has 1 N–H and O–H groups in total. The molecule has 5 nitrogen and oxygen atoms in total. The van der Waals surface area contributed by atoms with Crippen molar-refractivity contribution in [1.29, 1.82) is 0 Å². The van der Waals surface area contributed by atoms with Crippen LogP contribution in [0.25, 0.3) is 0 Å². The van der Waals surface area contributed by atoms with E-state index in [0.29, 0.717) is 11.8 Å². The van der Waals surface area contributed by atoms with Gasteiger partial charge in [0.05, 0.1) is 30.1 Å². The van der Waals surface area contributed by atoms with Gasteiger partial charge in [0.1, 0.15) is 5.15 Å². The van der Waals surface area contributed by atoms with E-state index < -0.39 is 6.10 Å². The highest BCUT2D eigenvalue weighted by molar-refractivity contribution is 6.29. The van der Waals surface area contributed by atoms with Gasteiger partial charge in [0.2, 0.25) is 0 Å². The van der Waals surface area contributed by atoms with Gasteiger partial charge in [0, 0.05) is 13.2 Å². The van der Waals surface area contributed by atoms with Crippen LogP contribution in [0, 0.1) is 0 Å². The molecule has 0 bridgehead atoms. The number of hydrogen-bond donors (Lipinski definition) is 1. The van der Waals surface area contributed by atoms with Gasteiger partial charge in [-0.15, -0.1) is 0 Å². The fourth-order valence-electron chi connectivity index (χ4n) is 5.57. The second kappa shape index (κ2) is 7.86. The average molecular weight is 426 g/mol. The summed E-state index contributed by atoms with van der Waals surface area (Å²) in [5.41, 5.74) is 6.95. The molecule has 2 aliphatic carbocycles. The number of aromatic nitrogens is 1. The predicted octanol–water partition coefficient (Wildman–Crippen LogP) is 3.97. The second-order valence-corrected chi connectivity index (χ2v) is 9.33. The number of carbonyl (C=O) groups excluding carboxylic acids is 1. The number of nitrogens with zero attached hydrogens (tertiary/aromatic N) is 3. The summed E-state index contributed by atoms with van der Waals surface area (Å²) < 4.78 is 0. The maximum Gasteiger partial charge on any atom is 0.257 e. The Hall–Kier alpha value is -2.11. The van der Waals surface area contributed by atoms with Crippen LogP contribution < -0.4 is 4.90 Å². The SMILES string of the molecule is CN1CN(C2CCCCC2O)C(=O)c2cc(Cc3ccc(Cl)nc3)c3c(c21)CCC3. The minimum atomic E-state index is -0.424. The number of fused-ring (bicyclic) bond motifs is 3. The van der Waals surface area contributed by atoms with Crippen molar-refractivity contribution >= 4 is 23.2 Å². The molecule has 30 heavy (non-hydrogen) atoms. The van der Waals surface area contributed by atoms with E-state index in [2.05, 4.69) is 23.0 Å². The normalized spacial score (nSPS) is 23.5. The Morgan fingerprint density at radius 2 is 1.97 bits per heavy atom. The standard InChI is InChI=1S/C24H28ClN3O2/c1-27-14-28(20-7-2-3-8-21(20)29)24(30)19-12-16(11-15-9-10-22(25)26-13-15)17-5-4-6-18(17)23(19)27/h9-10,12-13,20-21,29H,2-8,11,14H2,1H3.